The molecule has 0 aliphatic carbocycles. The summed E-state index contributed by atoms with van der Waals surface area (Å²) in [4.78, 5) is 5.05. The van der Waals surface area contributed by atoms with Crippen LogP contribution in [0.1, 0.15) is 24.0 Å². The van der Waals surface area contributed by atoms with Crippen LogP contribution < -0.4 is 0 Å². The molecule has 2 rings (SSSR count). The summed E-state index contributed by atoms with van der Waals surface area (Å²) in [5.41, 5.74) is 1.57. The fourth-order valence-electron chi connectivity index (χ4n) is 1.50. The summed E-state index contributed by atoms with van der Waals surface area (Å²) in [7, 11) is 0. The molecule has 1 aliphatic rings. The van der Waals surface area contributed by atoms with Crippen molar-refractivity contribution >= 4 is 17.3 Å². The molecular formula is C11H10ClF2NO. The molecular weight excluding hydrogens is 236 g/mol. The van der Waals surface area contributed by atoms with Gasteiger partial charge in [0.25, 0.3) is 6.43 Å². The third-order valence-corrected chi connectivity index (χ3v) is 2.75. The molecule has 5 heteroatoms. The highest BCUT2D eigenvalue weighted by Crippen LogP contribution is 2.22. The third kappa shape index (κ3) is 2.32. The average Bonchev–Trinajstić information content (AvgIpc) is 2.77. The van der Waals surface area contributed by atoms with Gasteiger partial charge in [0.2, 0.25) is 0 Å². The van der Waals surface area contributed by atoms with Crippen molar-refractivity contribution in [3.63, 3.8) is 0 Å². The first kappa shape index (κ1) is 11.3. The van der Waals surface area contributed by atoms with Crippen LogP contribution in [0.5, 0.6) is 0 Å². The van der Waals surface area contributed by atoms with Crippen LogP contribution in [0.4, 0.5) is 8.78 Å². The smallest absolute Gasteiger partial charge is 0.263 e. The van der Waals surface area contributed by atoms with Crippen LogP contribution in [0.15, 0.2) is 29.4 Å². The maximum Gasteiger partial charge on any atom is 0.263 e. The molecule has 1 aromatic carbocycles. The molecule has 1 unspecified atom stereocenters. The molecule has 86 valence electrons. The van der Waals surface area contributed by atoms with E-state index in [1.807, 2.05) is 0 Å². The average molecular weight is 246 g/mol. The SMILES string of the molecule is FC(F)c1ccc(C2=NOC(CCl)C2)cc1. The third-order valence-electron chi connectivity index (χ3n) is 2.40. The molecule has 0 aromatic heterocycles. The molecule has 0 saturated heterocycles. The van der Waals surface area contributed by atoms with Crippen LogP contribution >= 0.6 is 11.6 Å². The zero-order valence-corrected chi connectivity index (χ0v) is 9.12. The number of hydrogen-bond acceptors (Lipinski definition) is 2. The number of rotatable bonds is 3. The normalized spacial score (nSPS) is 19.8. The zero-order chi connectivity index (χ0) is 11.5. The lowest BCUT2D eigenvalue weighted by molar-refractivity contribution is 0.102. The summed E-state index contributed by atoms with van der Waals surface area (Å²) < 4.78 is 24.6. The highest BCUT2D eigenvalue weighted by molar-refractivity contribution is 6.18. The van der Waals surface area contributed by atoms with Crippen molar-refractivity contribution in [2.45, 2.75) is 19.0 Å². The first-order valence-corrected chi connectivity index (χ1v) is 5.41. The monoisotopic (exact) mass is 245 g/mol. The minimum atomic E-state index is -2.44. The van der Waals surface area contributed by atoms with Crippen molar-refractivity contribution in [2.24, 2.45) is 5.16 Å². The summed E-state index contributed by atoms with van der Waals surface area (Å²) in [5, 5.41) is 3.88. The van der Waals surface area contributed by atoms with E-state index in [0.29, 0.717) is 12.3 Å². The first-order chi connectivity index (χ1) is 7.70. The van der Waals surface area contributed by atoms with Crippen molar-refractivity contribution in [1.82, 2.24) is 0 Å². The molecule has 2 nitrogen and oxygen atoms in total. The molecule has 0 fully saturated rings. The highest BCUT2D eigenvalue weighted by atomic mass is 35.5. The van der Waals surface area contributed by atoms with Gasteiger partial charge in [-0.2, -0.15) is 0 Å². The van der Waals surface area contributed by atoms with Gasteiger partial charge in [-0.05, 0) is 5.56 Å². The van der Waals surface area contributed by atoms with Gasteiger partial charge < -0.3 is 4.84 Å². The molecule has 16 heavy (non-hydrogen) atoms. The van der Waals surface area contributed by atoms with E-state index < -0.39 is 6.43 Å². The van der Waals surface area contributed by atoms with E-state index in [1.165, 1.54) is 12.1 Å². The Balaban J connectivity index is 2.11. The van der Waals surface area contributed by atoms with Gasteiger partial charge in [0.1, 0.15) is 6.10 Å². The van der Waals surface area contributed by atoms with E-state index in [2.05, 4.69) is 5.16 Å². The van der Waals surface area contributed by atoms with E-state index in [9.17, 15) is 8.78 Å². The van der Waals surface area contributed by atoms with Gasteiger partial charge in [-0.3, -0.25) is 0 Å². The van der Waals surface area contributed by atoms with Gasteiger partial charge in [-0.15, -0.1) is 11.6 Å². The first-order valence-electron chi connectivity index (χ1n) is 4.88. The zero-order valence-electron chi connectivity index (χ0n) is 8.37. The van der Waals surface area contributed by atoms with Crippen molar-refractivity contribution in [3.05, 3.63) is 35.4 Å². The predicted octanol–water partition coefficient (Wildman–Crippen LogP) is 3.36. The summed E-state index contributed by atoms with van der Waals surface area (Å²) >= 11 is 5.63. The lowest BCUT2D eigenvalue weighted by atomic mass is 10.0. The molecule has 0 radical (unpaired) electrons. The molecule has 0 spiro atoms. The Morgan fingerprint density at radius 3 is 2.56 bits per heavy atom. The number of halogens is 3. The second kappa shape index (κ2) is 4.78. The maximum atomic E-state index is 12.3. The van der Waals surface area contributed by atoms with Crippen LogP contribution in [-0.4, -0.2) is 17.7 Å². The van der Waals surface area contributed by atoms with Crippen LogP contribution in [0, 0.1) is 0 Å². The van der Waals surface area contributed by atoms with Crippen LogP contribution in [0.3, 0.4) is 0 Å². The van der Waals surface area contributed by atoms with Gasteiger partial charge in [0.05, 0.1) is 11.6 Å². The molecule has 1 heterocycles. The Labute approximate surface area is 96.8 Å². The van der Waals surface area contributed by atoms with E-state index in [1.54, 1.807) is 12.1 Å². The summed E-state index contributed by atoms with van der Waals surface area (Å²) in [5.74, 6) is 0.377. The van der Waals surface area contributed by atoms with Crippen molar-refractivity contribution in [3.8, 4) is 0 Å². The summed E-state index contributed by atoms with van der Waals surface area (Å²) in [6, 6.07) is 6.05. The second-order valence-electron chi connectivity index (χ2n) is 3.55. The van der Waals surface area contributed by atoms with E-state index in [4.69, 9.17) is 16.4 Å². The maximum absolute atomic E-state index is 12.3. The van der Waals surface area contributed by atoms with E-state index in [-0.39, 0.29) is 11.7 Å². The molecule has 0 amide bonds. The van der Waals surface area contributed by atoms with Crippen molar-refractivity contribution in [2.75, 3.05) is 5.88 Å². The molecule has 0 bridgehead atoms. The largest absolute Gasteiger partial charge is 0.391 e. The minimum Gasteiger partial charge on any atom is -0.391 e. The molecule has 0 saturated carbocycles. The topological polar surface area (TPSA) is 21.6 Å². The fourth-order valence-corrected chi connectivity index (χ4v) is 1.67. The number of nitrogens with zero attached hydrogens (tertiary/aromatic N) is 1. The second-order valence-corrected chi connectivity index (χ2v) is 3.86. The lowest BCUT2D eigenvalue weighted by Gasteiger charge is -2.02. The summed E-state index contributed by atoms with van der Waals surface area (Å²) in [6.07, 6.45) is -1.92. The van der Waals surface area contributed by atoms with Gasteiger partial charge in [-0.25, -0.2) is 8.78 Å². The van der Waals surface area contributed by atoms with Crippen LogP contribution in [0.2, 0.25) is 0 Å². The number of oxime groups is 1. The number of alkyl halides is 3. The Hall–Kier alpha value is -1.16. The van der Waals surface area contributed by atoms with E-state index >= 15 is 0 Å². The number of benzene rings is 1. The number of hydrogen-bond donors (Lipinski definition) is 0. The minimum absolute atomic E-state index is 0.0113. The summed E-state index contributed by atoms with van der Waals surface area (Å²) in [6.45, 7) is 0. The predicted molar refractivity (Wildman–Crippen MR) is 58.1 cm³/mol. The molecule has 1 atom stereocenters. The van der Waals surface area contributed by atoms with Gasteiger partial charge in [0, 0.05) is 12.0 Å². The Kier molecular flexibility index (Phi) is 3.39. The van der Waals surface area contributed by atoms with Gasteiger partial charge in [-0.1, -0.05) is 29.4 Å². The van der Waals surface area contributed by atoms with Crippen LogP contribution in [0.25, 0.3) is 0 Å². The van der Waals surface area contributed by atoms with Crippen LogP contribution in [-0.2, 0) is 4.84 Å². The van der Waals surface area contributed by atoms with Crippen molar-refractivity contribution in [1.29, 1.82) is 0 Å². The quantitative estimate of drug-likeness (QED) is 0.749. The Morgan fingerprint density at radius 1 is 1.38 bits per heavy atom. The van der Waals surface area contributed by atoms with Gasteiger partial charge >= 0.3 is 0 Å². The Morgan fingerprint density at radius 2 is 2.06 bits per heavy atom. The fraction of sp³-hybridized carbons (Fsp3) is 0.364. The molecule has 1 aromatic rings. The molecule has 1 aliphatic heterocycles. The highest BCUT2D eigenvalue weighted by Gasteiger charge is 2.21. The molecule has 0 N–H and O–H groups in total. The van der Waals surface area contributed by atoms with Gasteiger partial charge in [0.15, 0.2) is 0 Å². The lowest BCUT2D eigenvalue weighted by Crippen LogP contribution is -2.09. The standard InChI is InChI=1S/C11H10ClF2NO/c12-6-9-5-10(15-16-9)7-1-3-8(4-2-7)11(13)14/h1-4,9,11H,5-6H2. The van der Waals surface area contributed by atoms with Crippen molar-refractivity contribution < 1.29 is 13.6 Å². The van der Waals surface area contributed by atoms with E-state index in [0.717, 1.165) is 11.3 Å². The Bertz CT molecular complexity index is 391.